The fourth-order valence-electron chi connectivity index (χ4n) is 3.01. The Morgan fingerprint density at radius 3 is 2.64 bits per heavy atom. The molecule has 0 radical (unpaired) electrons. The smallest absolute Gasteiger partial charge is 0.335 e. The molecule has 0 spiro atoms. The third-order valence-electron chi connectivity index (χ3n) is 4.33. The highest BCUT2D eigenvalue weighted by Gasteiger charge is 2.30. The Morgan fingerprint density at radius 1 is 1.20 bits per heavy atom. The van der Waals surface area contributed by atoms with Gasteiger partial charge < -0.3 is 15.2 Å². The molecular formula is C19H18FNO4. The van der Waals surface area contributed by atoms with Crippen LogP contribution in [-0.2, 0) is 4.74 Å². The molecular weight excluding hydrogens is 325 g/mol. The van der Waals surface area contributed by atoms with Gasteiger partial charge in [0, 0.05) is 19.1 Å². The van der Waals surface area contributed by atoms with Crippen LogP contribution in [0.3, 0.4) is 0 Å². The Hall–Kier alpha value is -2.73. The van der Waals surface area contributed by atoms with Gasteiger partial charge in [-0.2, -0.15) is 0 Å². The number of halogens is 1. The second-order valence-corrected chi connectivity index (χ2v) is 5.96. The number of carboxylic acids is 1. The van der Waals surface area contributed by atoms with E-state index in [-0.39, 0.29) is 23.1 Å². The summed E-state index contributed by atoms with van der Waals surface area (Å²) in [7, 11) is 0. The Labute approximate surface area is 144 Å². The highest BCUT2D eigenvalue weighted by atomic mass is 19.1. The number of amides is 1. The van der Waals surface area contributed by atoms with Crippen LogP contribution in [0.2, 0.25) is 0 Å². The lowest BCUT2D eigenvalue weighted by atomic mass is 9.95. The van der Waals surface area contributed by atoms with E-state index in [1.807, 2.05) is 30.3 Å². The van der Waals surface area contributed by atoms with Crippen LogP contribution in [0.4, 0.5) is 4.39 Å². The lowest BCUT2D eigenvalue weighted by Crippen LogP contribution is -2.31. The van der Waals surface area contributed by atoms with E-state index >= 15 is 0 Å². The maximum Gasteiger partial charge on any atom is 0.335 e. The first-order valence-corrected chi connectivity index (χ1v) is 8.04. The molecule has 0 saturated carbocycles. The third-order valence-corrected chi connectivity index (χ3v) is 4.33. The standard InChI is InChI=1S/C19H18FNO4/c20-16-10-13(19(23)24)6-7-15(16)18(22)21-11-14-8-9-25-17(14)12-4-2-1-3-5-12/h1-7,10,14,17H,8-9,11H2,(H,21,22)(H,23,24)/t14-,17-/m1/s1. The number of carbonyl (C=O) groups is 2. The van der Waals surface area contributed by atoms with E-state index in [0.29, 0.717) is 13.2 Å². The van der Waals surface area contributed by atoms with Gasteiger partial charge in [0.05, 0.1) is 17.2 Å². The number of ether oxygens (including phenoxy) is 1. The van der Waals surface area contributed by atoms with Gasteiger partial charge in [-0.05, 0) is 30.2 Å². The van der Waals surface area contributed by atoms with Gasteiger partial charge >= 0.3 is 5.97 Å². The molecule has 130 valence electrons. The molecule has 0 aromatic heterocycles. The quantitative estimate of drug-likeness (QED) is 0.875. The number of hydrogen-bond donors (Lipinski definition) is 2. The molecule has 25 heavy (non-hydrogen) atoms. The molecule has 1 heterocycles. The van der Waals surface area contributed by atoms with Crippen LogP contribution in [-0.4, -0.2) is 30.1 Å². The summed E-state index contributed by atoms with van der Waals surface area (Å²) < 4.78 is 19.7. The first kappa shape index (κ1) is 17.1. The van der Waals surface area contributed by atoms with Crippen LogP contribution in [0.1, 0.15) is 38.8 Å². The second kappa shape index (κ2) is 7.44. The summed E-state index contributed by atoms with van der Waals surface area (Å²) in [5, 5.41) is 11.6. The second-order valence-electron chi connectivity index (χ2n) is 5.96. The molecule has 1 saturated heterocycles. The number of aromatic carboxylic acids is 1. The maximum absolute atomic E-state index is 14.0. The van der Waals surface area contributed by atoms with Crippen LogP contribution >= 0.6 is 0 Å². The van der Waals surface area contributed by atoms with Gasteiger partial charge in [-0.1, -0.05) is 30.3 Å². The van der Waals surface area contributed by atoms with Crippen molar-refractivity contribution in [1.82, 2.24) is 5.32 Å². The molecule has 2 atom stereocenters. The molecule has 5 nitrogen and oxygen atoms in total. The molecule has 0 unspecified atom stereocenters. The molecule has 1 fully saturated rings. The van der Waals surface area contributed by atoms with Crippen molar-refractivity contribution in [2.45, 2.75) is 12.5 Å². The van der Waals surface area contributed by atoms with E-state index in [2.05, 4.69) is 5.32 Å². The van der Waals surface area contributed by atoms with E-state index in [1.54, 1.807) is 0 Å². The summed E-state index contributed by atoms with van der Waals surface area (Å²) >= 11 is 0. The minimum absolute atomic E-state index is 0.0965. The van der Waals surface area contributed by atoms with Crippen molar-refractivity contribution in [2.75, 3.05) is 13.2 Å². The van der Waals surface area contributed by atoms with E-state index in [1.165, 1.54) is 12.1 Å². The summed E-state index contributed by atoms with van der Waals surface area (Å²) in [6, 6.07) is 13.0. The maximum atomic E-state index is 14.0. The van der Waals surface area contributed by atoms with Crippen molar-refractivity contribution in [2.24, 2.45) is 5.92 Å². The molecule has 1 aliphatic rings. The van der Waals surface area contributed by atoms with Crippen LogP contribution in [0.25, 0.3) is 0 Å². The summed E-state index contributed by atoms with van der Waals surface area (Å²) in [6.07, 6.45) is 0.709. The summed E-state index contributed by atoms with van der Waals surface area (Å²) in [5.41, 5.74) is 0.693. The zero-order chi connectivity index (χ0) is 17.8. The van der Waals surface area contributed by atoms with E-state index in [0.717, 1.165) is 18.1 Å². The topological polar surface area (TPSA) is 75.6 Å². The van der Waals surface area contributed by atoms with Gasteiger partial charge in [0.1, 0.15) is 5.82 Å². The summed E-state index contributed by atoms with van der Waals surface area (Å²) in [6.45, 7) is 0.973. The molecule has 0 bridgehead atoms. The van der Waals surface area contributed by atoms with Crippen molar-refractivity contribution < 1.29 is 23.8 Å². The molecule has 1 aliphatic heterocycles. The first-order valence-electron chi connectivity index (χ1n) is 8.04. The SMILES string of the molecule is O=C(O)c1ccc(C(=O)NC[C@H]2CCO[C@@H]2c2ccccc2)c(F)c1. The van der Waals surface area contributed by atoms with Crippen molar-refractivity contribution in [3.05, 3.63) is 71.0 Å². The molecule has 3 rings (SSSR count). The van der Waals surface area contributed by atoms with Gasteiger partial charge in [0.15, 0.2) is 0 Å². The van der Waals surface area contributed by atoms with E-state index in [4.69, 9.17) is 9.84 Å². The number of hydrogen-bond acceptors (Lipinski definition) is 3. The summed E-state index contributed by atoms with van der Waals surface area (Å²) in [4.78, 5) is 23.0. The largest absolute Gasteiger partial charge is 0.478 e. The van der Waals surface area contributed by atoms with Gasteiger partial charge in [-0.25, -0.2) is 9.18 Å². The molecule has 2 aromatic carbocycles. The number of carbonyl (C=O) groups excluding carboxylic acids is 1. The van der Waals surface area contributed by atoms with E-state index in [9.17, 15) is 14.0 Å². The Bertz CT molecular complexity index is 778. The van der Waals surface area contributed by atoms with E-state index < -0.39 is 17.7 Å². The number of rotatable bonds is 5. The van der Waals surface area contributed by atoms with Crippen LogP contribution in [0.15, 0.2) is 48.5 Å². The number of nitrogens with one attached hydrogen (secondary N) is 1. The minimum Gasteiger partial charge on any atom is -0.478 e. The normalized spacial score (nSPS) is 19.6. The predicted molar refractivity (Wildman–Crippen MR) is 88.9 cm³/mol. The average molecular weight is 343 g/mol. The highest BCUT2D eigenvalue weighted by Crippen LogP contribution is 2.33. The summed E-state index contributed by atoms with van der Waals surface area (Å²) in [5.74, 6) is -2.54. The Kier molecular flexibility index (Phi) is 5.09. The highest BCUT2D eigenvalue weighted by molar-refractivity contribution is 5.96. The van der Waals surface area contributed by atoms with Crippen molar-refractivity contribution in [1.29, 1.82) is 0 Å². The Morgan fingerprint density at radius 2 is 1.96 bits per heavy atom. The molecule has 6 heteroatoms. The van der Waals surface area contributed by atoms with Crippen LogP contribution in [0.5, 0.6) is 0 Å². The van der Waals surface area contributed by atoms with Gasteiger partial charge in [-0.15, -0.1) is 0 Å². The minimum atomic E-state index is -1.24. The number of carboxylic acid groups (broad SMARTS) is 1. The fourth-order valence-corrected chi connectivity index (χ4v) is 3.01. The fraction of sp³-hybridized carbons (Fsp3) is 0.263. The van der Waals surface area contributed by atoms with Crippen LogP contribution < -0.4 is 5.32 Å². The lowest BCUT2D eigenvalue weighted by molar-refractivity contribution is 0.0695. The lowest BCUT2D eigenvalue weighted by Gasteiger charge is -2.19. The zero-order valence-electron chi connectivity index (χ0n) is 13.4. The molecule has 1 amide bonds. The first-order chi connectivity index (χ1) is 12.1. The molecule has 0 aliphatic carbocycles. The average Bonchev–Trinajstić information content (AvgIpc) is 3.09. The van der Waals surface area contributed by atoms with Crippen molar-refractivity contribution >= 4 is 11.9 Å². The Balaban J connectivity index is 1.65. The van der Waals surface area contributed by atoms with Crippen LogP contribution in [0, 0.1) is 11.7 Å². The van der Waals surface area contributed by atoms with Crippen molar-refractivity contribution in [3.8, 4) is 0 Å². The predicted octanol–water partition coefficient (Wildman–Crippen LogP) is 3.03. The molecule has 2 aromatic rings. The van der Waals surface area contributed by atoms with Crippen molar-refractivity contribution in [3.63, 3.8) is 0 Å². The third kappa shape index (κ3) is 3.85. The van der Waals surface area contributed by atoms with Gasteiger partial charge in [0.2, 0.25) is 0 Å². The zero-order valence-corrected chi connectivity index (χ0v) is 13.4. The van der Waals surface area contributed by atoms with Gasteiger partial charge in [0.25, 0.3) is 5.91 Å². The monoisotopic (exact) mass is 343 g/mol. The number of benzene rings is 2. The van der Waals surface area contributed by atoms with Gasteiger partial charge in [-0.3, -0.25) is 4.79 Å². The molecule has 2 N–H and O–H groups in total.